The van der Waals surface area contributed by atoms with Crippen LogP contribution in [0.4, 0.5) is 0 Å². The number of para-hydroxylation sites is 3. The predicted octanol–water partition coefficient (Wildman–Crippen LogP) is 9.76. The Morgan fingerprint density at radius 1 is 0.429 bits per heavy atom. The minimum absolute atomic E-state index is 0.813. The molecule has 198 valence electrons. The number of carbonyl (C=O) groups is 1. The molecule has 6 aromatic carbocycles. The molecule has 0 aliphatic carbocycles. The Bertz CT molecular complexity index is 2250. The van der Waals surface area contributed by atoms with Crippen LogP contribution in [0.15, 0.2) is 146 Å². The second-order valence-electron chi connectivity index (χ2n) is 10.6. The van der Waals surface area contributed by atoms with Crippen molar-refractivity contribution < 1.29 is 4.79 Å². The summed E-state index contributed by atoms with van der Waals surface area (Å²) in [7, 11) is 0. The number of carbonyl (C=O) groups excluding carboxylic acids is 1. The fourth-order valence-electron chi connectivity index (χ4n) is 6.33. The zero-order valence-corrected chi connectivity index (χ0v) is 22.8. The third kappa shape index (κ3) is 3.79. The van der Waals surface area contributed by atoms with Crippen LogP contribution in [0.1, 0.15) is 5.56 Å². The van der Waals surface area contributed by atoms with E-state index in [0.29, 0.717) is 0 Å². The Morgan fingerprint density at radius 2 is 0.857 bits per heavy atom. The zero-order valence-electron chi connectivity index (χ0n) is 22.8. The first kappa shape index (κ1) is 24.2. The van der Waals surface area contributed by atoms with E-state index in [1.165, 1.54) is 49.8 Å². The third-order valence-corrected chi connectivity index (χ3v) is 8.23. The zero-order chi connectivity index (χ0) is 28.0. The number of nitrogens with zero attached hydrogens (tertiary/aromatic N) is 2. The van der Waals surface area contributed by atoms with Gasteiger partial charge in [0.1, 0.15) is 6.29 Å². The Kier molecular flexibility index (Phi) is 5.61. The molecule has 0 saturated carbocycles. The molecule has 0 spiro atoms. The van der Waals surface area contributed by atoms with Crippen molar-refractivity contribution in [3.05, 3.63) is 151 Å². The second kappa shape index (κ2) is 9.76. The molecular formula is C39H26N2O. The highest BCUT2D eigenvalue weighted by Gasteiger charge is 2.14. The van der Waals surface area contributed by atoms with Crippen LogP contribution in [0.5, 0.6) is 0 Å². The Labute approximate surface area is 243 Å². The number of allylic oxidation sites excluding steroid dienone is 1. The van der Waals surface area contributed by atoms with Gasteiger partial charge in [-0.05, 0) is 77.4 Å². The van der Waals surface area contributed by atoms with Crippen molar-refractivity contribution in [3.8, 4) is 22.5 Å². The summed E-state index contributed by atoms with van der Waals surface area (Å²) >= 11 is 0. The van der Waals surface area contributed by atoms with Crippen LogP contribution < -0.4 is 0 Å². The summed E-state index contributed by atoms with van der Waals surface area (Å²) in [5.74, 6) is 0. The van der Waals surface area contributed by atoms with Crippen molar-refractivity contribution >= 4 is 56.0 Å². The summed E-state index contributed by atoms with van der Waals surface area (Å²) in [5.41, 5.74) is 10.4. The number of hydrogen-bond donors (Lipinski definition) is 0. The summed E-state index contributed by atoms with van der Waals surface area (Å²) in [6, 6.07) is 49.7. The van der Waals surface area contributed by atoms with Gasteiger partial charge in [-0.1, -0.05) is 91.0 Å². The van der Waals surface area contributed by atoms with Gasteiger partial charge in [0.15, 0.2) is 0 Å². The lowest BCUT2D eigenvalue weighted by molar-refractivity contribution is -0.104. The summed E-state index contributed by atoms with van der Waals surface area (Å²) in [5, 5.41) is 4.90. The highest BCUT2D eigenvalue weighted by atomic mass is 16.1. The van der Waals surface area contributed by atoms with Gasteiger partial charge in [-0.3, -0.25) is 4.79 Å². The van der Waals surface area contributed by atoms with Gasteiger partial charge in [-0.25, -0.2) is 0 Å². The van der Waals surface area contributed by atoms with E-state index in [1.54, 1.807) is 0 Å². The van der Waals surface area contributed by atoms with Crippen LogP contribution in [-0.4, -0.2) is 15.4 Å². The lowest BCUT2D eigenvalue weighted by atomic mass is 10.0. The first-order chi connectivity index (χ1) is 20.8. The van der Waals surface area contributed by atoms with Crippen LogP contribution in [0.25, 0.3) is 72.2 Å². The molecule has 0 amide bonds. The number of rotatable bonds is 5. The molecule has 8 rings (SSSR count). The van der Waals surface area contributed by atoms with E-state index < -0.39 is 0 Å². The van der Waals surface area contributed by atoms with Gasteiger partial charge in [0.05, 0.1) is 22.1 Å². The standard InChI is InChI=1S/C39H26N2O/c42-25-7-8-27-15-24-39-35(26-27)34-11-3-6-14-38(34)41(39)31-22-18-29(19-23-31)28-16-20-30(21-17-28)40-36-12-4-1-9-32(36)33-10-2-5-13-37(33)40/h1-26H/b8-7+. The van der Waals surface area contributed by atoms with Crippen molar-refractivity contribution in [3.63, 3.8) is 0 Å². The molecule has 3 nitrogen and oxygen atoms in total. The van der Waals surface area contributed by atoms with Crippen LogP contribution >= 0.6 is 0 Å². The Balaban J connectivity index is 1.18. The molecule has 8 aromatic rings. The molecule has 0 fully saturated rings. The normalized spacial score (nSPS) is 11.8. The molecule has 0 bridgehead atoms. The largest absolute Gasteiger partial charge is 0.309 e. The SMILES string of the molecule is O=C/C=C/c1ccc2c(c1)c1ccccc1n2-c1ccc(-c2ccc(-n3c4ccccc4c4ccccc43)cc2)cc1. The van der Waals surface area contributed by atoms with Crippen molar-refractivity contribution in [2.24, 2.45) is 0 Å². The van der Waals surface area contributed by atoms with E-state index in [1.807, 2.05) is 6.08 Å². The molecular weight excluding hydrogens is 512 g/mol. The molecule has 2 aromatic heterocycles. The van der Waals surface area contributed by atoms with E-state index in [9.17, 15) is 4.79 Å². The first-order valence-corrected chi connectivity index (χ1v) is 14.1. The summed E-state index contributed by atoms with van der Waals surface area (Å²) in [6.07, 6.45) is 4.20. The summed E-state index contributed by atoms with van der Waals surface area (Å²) in [6.45, 7) is 0. The molecule has 0 atom stereocenters. The molecule has 0 radical (unpaired) electrons. The quantitative estimate of drug-likeness (QED) is 0.158. The lowest BCUT2D eigenvalue weighted by Gasteiger charge is -2.11. The van der Waals surface area contributed by atoms with Crippen molar-refractivity contribution in [1.82, 2.24) is 9.13 Å². The second-order valence-corrected chi connectivity index (χ2v) is 10.6. The van der Waals surface area contributed by atoms with Gasteiger partial charge < -0.3 is 9.13 Å². The van der Waals surface area contributed by atoms with E-state index >= 15 is 0 Å². The average Bonchev–Trinajstić information content (AvgIpc) is 3.57. The Morgan fingerprint density at radius 3 is 1.33 bits per heavy atom. The van der Waals surface area contributed by atoms with Crippen molar-refractivity contribution in [2.75, 3.05) is 0 Å². The average molecular weight is 539 g/mol. The maximum atomic E-state index is 10.8. The van der Waals surface area contributed by atoms with Gasteiger partial charge in [0.25, 0.3) is 0 Å². The molecule has 2 heterocycles. The molecule has 0 aliphatic rings. The highest BCUT2D eigenvalue weighted by Crippen LogP contribution is 2.35. The molecule has 0 unspecified atom stereocenters. The van der Waals surface area contributed by atoms with Crippen molar-refractivity contribution in [2.45, 2.75) is 0 Å². The minimum atomic E-state index is 0.813. The van der Waals surface area contributed by atoms with Crippen LogP contribution in [0, 0.1) is 0 Å². The Hall–Kier alpha value is -5.67. The first-order valence-electron chi connectivity index (χ1n) is 14.1. The fourth-order valence-corrected chi connectivity index (χ4v) is 6.33. The minimum Gasteiger partial charge on any atom is -0.309 e. The lowest BCUT2D eigenvalue weighted by Crippen LogP contribution is -1.94. The number of aromatic nitrogens is 2. The van der Waals surface area contributed by atoms with Gasteiger partial charge in [0.2, 0.25) is 0 Å². The molecule has 42 heavy (non-hydrogen) atoms. The topological polar surface area (TPSA) is 26.9 Å². The predicted molar refractivity (Wildman–Crippen MR) is 176 cm³/mol. The van der Waals surface area contributed by atoms with E-state index in [-0.39, 0.29) is 0 Å². The van der Waals surface area contributed by atoms with E-state index in [2.05, 4.69) is 149 Å². The van der Waals surface area contributed by atoms with E-state index in [4.69, 9.17) is 0 Å². The number of aldehydes is 1. The van der Waals surface area contributed by atoms with Gasteiger partial charge in [0, 0.05) is 32.9 Å². The summed E-state index contributed by atoms with van der Waals surface area (Å²) < 4.78 is 4.66. The van der Waals surface area contributed by atoms with Crippen LogP contribution in [0.3, 0.4) is 0 Å². The molecule has 0 N–H and O–H groups in total. The molecule has 0 saturated heterocycles. The molecule has 0 aliphatic heterocycles. The number of benzene rings is 6. The van der Waals surface area contributed by atoms with Crippen LogP contribution in [-0.2, 0) is 4.79 Å². The highest BCUT2D eigenvalue weighted by molar-refractivity contribution is 6.10. The van der Waals surface area contributed by atoms with Gasteiger partial charge in [-0.2, -0.15) is 0 Å². The van der Waals surface area contributed by atoms with Gasteiger partial charge >= 0.3 is 0 Å². The van der Waals surface area contributed by atoms with Crippen LogP contribution in [0.2, 0.25) is 0 Å². The number of fused-ring (bicyclic) bond motifs is 6. The summed E-state index contributed by atoms with van der Waals surface area (Å²) in [4.78, 5) is 10.8. The maximum Gasteiger partial charge on any atom is 0.142 e. The monoisotopic (exact) mass is 538 g/mol. The van der Waals surface area contributed by atoms with Crippen molar-refractivity contribution in [1.29, 1.82) is 0 Å². The van der Waals surface area contributed by atoms with E-state index in [0.717, 1.165) is 34.3 Å². The number of hydrogen-bond acceptors (Lipinski definition) is 1. The third-order valence-electron chi connectivity index (χ3n) is 8.23. The smallest absolute Gasteiger partial charge is 0.142 e. The van der Waals surface area contributed by atoms with Gasteiger partial charge in [-0.15, -0.1) is 0 Å². The maximum absolute atomic E-state index is 10.8. The molecule has 3 heteroatoms. The fraction of sp³-hybridized carbons (Fsp3) is 0.